The predicted molar refractivity (Wildman–Crippen MR) is 88.0 cm³/mol. The minimum Gasteiger partial charge on any atom is -0.211 e. The van der Waals surface area contributed by atoms with Gasteiger partial charge in [0.25, 0.3) is 0 Å². The highest BCUT2D eigenvalue weighted by molar-refractivity contribution is 5.47. The Labute approximate surface area is 132 Å². The number of benzene rings is 1. The highest BCUT2D eigenvalue weighted by Crippen LogP contribution is 2.27. The Morgan fingerprint density at radius 3 is 1.55 bits per heavy atom. The summed E-state index contributed by atoms with van der Waals surface area (Å²) in [6.07, 6.45) is 7.60. The van der Waals surface area contributed by atoms with Crippen LogP contribution in [0.2, 0.25) is 0 Å². The number of hydrogen-bond donors (Lipinski definition) is 0. The molecule has 0 unspecified atom stereocenters. The minimum atomic E-state index is 0.473. The fourth-order valence-electron chi connectivity index (χ4n) is 3.06. The number of hydrogen-bond acceptors (Lipinski definition) is 4. The van der Waals surface area contributed by atoms with Crippen LogP contribution >= 0.6 is 0 Å². The summed E-state index contributed by atoms with van der Waals surface area (Å²) in [4.78, 5) is 28.0. The predicted octanol–water partition coefficient (Wildman–Crippen LogP) is 3.13. The molecule has 118 valence electrons. The molecule has 0 amide bonds. The Hall–Kier alpha value is -2.02. The molecule has 0 fully saturated rings. The molecule has 0 aliphatic carbocycles. The van der Waals surface area contributed by atoms with E-state index in [9.17, 15) is 9.59 Å². The standard InChI is InChI=1S/C18H24N2O2/c1-4-14-11-15(5-2)18(8-10-20-13-22)16(6-3)17(14)7-9-19-12-21/h11H,4-10H2,1-3H3. The van der Waals surface area contributed by atoms with Gasteiger partial charge in [0.2, 0.25) is 12.2 Å². The maximum Gasteiger partial charge on any atom is 0.234 e. The van der Waals surface area contributed by atoms with Gasteiger partial charge in [0.15, 0.2) is 0 Å². The molecule has 0 aliphatic rings. The van der Waals surface area contributed by atoms with Gasteiger partial charge in [-0.25, -0.2) is 19.6 Å². The van der Waals surface area contributed by atoms with Crippen LogP contribution < -0.4 is 0 Å². The van der Waals surface area contributed by atoms with Gasteiger partial charge in [-0.05, 0) is 59.9 Å². The van der Waals surface area contributed by atoms with Gasteiger partial charge in [-0.3, -0.25) is 0 Å². The van der Waals surface area contributed by atoms with E-state index in [1.54, 1.807) is 12.2 Å². The third-order valence-electron chi connectivity index (χ3n) is 4.04. The summed E-state index contributed by atoms with van der Waals surface area (Å²) in [5.41, 5.74) is 6.59. The van der Waals surface area contributed by atoms with Crippen LogP contribution in [0.15, 0.2) is 16.1 Å². The van der Waals surface area contributed by atoms with Gasteiger partial charge in [-0.15, -0.1) is 0 Å². The molecule has 4 nitrogen and oxygen atoms in total. The number of nitrogens with zero attached hydrogens (tertiary/aromatic N) is 2. The summed E-state index contributed by atoms with van der Waals surface area (Å²) in [5.74, 6) is 0. The van der Waals surface area contributed by atoms with E-state index in [1.807, 2.05) is 0 Å². The number of aryl methyl sites for hydroxylation is 2. The van der Waals surface area contributed by atoms with E-state index in [0.717, 1.165) is 32.1 Å². The molecule has 0 heterocycles. The van der Waals surface area contributed by atoms with Crippen molar-refractivity contribution in [3.8, 4) is 0 Å². The molecule has 22 heavy (non-hydrogen) atoms. The first-order valence-electron chi connectivity index (χ1n) is 7.95. The molecule has 1 aromatic carbocycles. The highest BCUT2D eigenvalue weighted by atomic mass is 16.1. The van der Waals surface area contributed by atoms with Crippen molar-refractivity contribution in [3.05, 3.63) is 33.9 Å². The minimum absolute atomic E-state index is 0.473. The summed E-state index contributed by atoms with van der Waals surface area (Å²) < 4.78 is 0. The maximum atomic E-state index is 10.3. The molecule has 0 saturated heterocycles. The summed E-state index contributed by atoms with van der Waals surface area (Å²) in [6.45, 7) is 7.39. The molecule has 0 spiro atoms. The van der Waals surface area contributed by atoms with Crippen LogP contribution in [0.3, 0.4) is 0 Å². The largest absolute Gasteiger partial charge is 0.234 e. The van der Waals surface area contributed by atoms with Gasteiger partial charge in [-0.2, -0.15) is 0 Å². The van der Waals surface area contributed by atoms with E-state index in [-0.39, 0.29) is 0 Å². The summed E-state index contributed by atoms with van der Waals surface area (Å²) >= 11 is 0. The molecular formula is C18H24N2O2. The SMILES string of the molecule is CCc1cc(CC)c(CCN=C=O)c(CC)c1CCN=C=O. The fraction of sp³-hybridized carbons (Fsp3) is 0.556. The van der Waals surface area contributed by atoms with Crippen molar-refractivity contribution < 1.29 is 9.59 Å². The van der Waals surface area contributed by atoms with E-state index < -0.39 is 0 Å². The van der Waals surface area contributed by atoms with E-state index in [2.05, 4.69) is 36.8 Å². The molecule has 0 N–H and O–H groups in total. The molecule has 4 heteroatoms. The lowest BCUT2D eigenvalue weighted by Gasteiger charge is -2.20. The molecule has 0 bridgehead atoms. The quantitative estimate of drug-likeness (QED) is 0.519. The molecule has 0 aromatic heterocycles. The van der Waals surface area contributed by atoms with Crippen molar-refractivity contribution in [2.24, 2.45) is 9.98 Å². The zero-order valence-corrected chi connectivity index (χ0v) is 13.7. The summed E-state index contributed by atoms with van der Waals surface area (Å²) in [6, 6.07) is 2.26. The molecule has 0 saturated carbocycles. The van der Waals surface area contributed by atoms with Gasteiger partial charge in [0, 0.05) is 0 Å². The molecule has 0 aliphatic heterocycles. The lowest BCUT2D eigenvalue weighted by Crippen LogP contribution is -2.10. The molecular weight excluding hydrogens is 276 g/mol. The topological polar surface area (TPSA) is 58.9 Å². The van der Waals surface area contributed by atoms with E-state index >= 15 is 0 Å². The Kier molecular flexibility index (Phi) is 8.06. The second-order valence-electron chi connectivity index (χ2n) is 5.14. The van der Waals surface area contributed by atoms with E-state index in [4.69, 9.17) is 0 Å². The summed E-state index contributed by atoms with van der Waals surface area (Å²) in [7, 11) is 0. The average molecular weight is 300 g/mol. The first-order valence-corrected chi connectivity index (χ1v) is 7.95. The van der Waals surface area contributed by atoms with Crippen molar-refractivity contribution in [2.75, 3.05) is 13.1 Å². The van der Waals surface area contributed by atoms with Crippen LogP contribution in [0.5, 0.6) is 0 Å². The lowest BCUT2D eigenvalue weighted by molar-refractivity contribution is 0.562. The maximum absolute atomic E-state index is 10.3. The fourth-order valence-corrected chi connectivity index (χ4v) is 3.06. The first kappa shape index (κ1) is 18.0. The number of rotatable bonds is 9. The van der Waals surface area contributed by atoms with E-state index in [1.165, 1.54) is 27.8 Å². The van der Waals surface area contributed by atoms with Gasteiger partial charge < -0.3 is 0 Å². The van der Waals surface area contributed by atoms with Crippen molar-refractivity contribution >= 4 is 12.2 Å². The number of carbonyl (C=O) groups excluding carboxylic acids is 2. The molecule has 0 radical (unpaired) electrons. The Bertz CT molecular complexity index is 547. The van der Waals surface area contributed by atoms with Gasteiger partial charge in [0.1, 0.15) is 0 Å². The van der Waals surface area contributed by atoms with Crippen molar-refractivity contribution in [3.63, 3.8) is 0 Å². The molecule has 1 rings (SSSR count). The smallest absolute Gasteiger partial charge is 0.211 e. The third kappa shape index (κ3) is 4.49. The van der Waals surface area contributed by atoms with Crippen LogP contribution in [0.25, 0.3) is 0 Å². The van der Waals surface area contributed by atoms with Crippen molar-refractivity contribution in [1.29, 1.82) is 0 Å². The zero-order chi connectivity index (χ0) is 16.4. The van der Waals surface area contributed by atoms with E-state index in [0.29, 0.717) is 13.1 Å². The lowest BCUT2D eigenvalue weighted by atomic mass is 9.85. The molecule has 0 atom stereocenters. The van der Waals surface area contributed by atoms with Gasteiger partial charge >= 0.3 is 0 Å². The number of isocyanates is 2. The second kappa shape index (κ2) is 9.83. The third-order valence-corrected chi connectivity index (χ3v) is 4.04. The second-order valence-corrected chi connectivity index (χ2v) is 5.14. The Balaban J connectivity index is 3.34. The van der Waals surface area contributed by atoms with Crippen molar-refractivity contribution in [2.45, 2.75) is 52.9 Å². The first-order chi connectivity index (χ1) is 10.7. The van der Waals surface area contributed by atoms with Crippen LogP contribution in [0.4, 0.5) is 0 Å². The van der Waals surface area contributed by atoms with Crippen LogP contribution in [-0.4, -0.2) is 25.2 Å². The van der Waals surface area contributed by atoms with Crippen LogP contribution in [-0.2, 0) is 41.7 Å². The normalized spacial score (nSPS) is 9.95. The van der Waals surface area contributed by atoms with Gasteiger partial charge in [0.05, 0.1) is 13.1 Å². The Morgan fingerprint density at radius 2 is 1.23 bits per heavy atom. The van der Waals surface area contributed by atoms with Crippen LogP contribution in [0, 0.1) is 0 Å². The monoisotopic (exact) mass is 300 g/mol. The molecule has 1 aromatic rings. The van der Waals surface area contributed by atoms with Crippen molar-refractivity contribution in [1.82, 2.24) is 0 Å². The zero-order valence-electron chi connectivity index (χ0n) is 13.7. The van der Waals surface area contributed by atoms with Gasteiger partial charge in [-0.1, -0.05) is 26.8 Å². The van der Waals surface area contributed by atoms with Crippen LogP contribution in [0.1, 0.15) is 48.6 Å². The summed E-state index contributed by atoms with van der Waals surface area (Å²) in [5, 5.41) is 0. The number of aliphatic imine (C=N–C) groups is 2. The average Bonchev–Trinajstić information content (AvgIpc) is 2.55. The Morgan fingerprint density at radius 1 is 0.773 bits per heavy atom. The highest BCUT2D eigenvalue weighted by Gasteiger charge is 2.15.